The van der Waals surface area contributed by atoms with Gasteiger partial charge < -0.3 is 10.6 Å². The van der Waals surface area contributed by atoms with E-state index in [9.17, 15) is 9.59 Å². The van der Waals surface area contributed by atoms with Gasteiger partial charge in [-0.3, -0.25) is 14.5 Å². The fourth-order valence-electron chi connectivity index (χ4n) is 4.26. The van der Waals surface area contributed by atoms with Gasteiger partial charge in [-0.05, 0) is 62.8 Å². The Hall–Kier alpha value is -1.88. The second kappa shape index (κ2) is 6.45. The van der Waals surface area contributed by atoms with Crippen LogP contribution < -0.4 is 5.73 Å². The average Bonchev–Trinajstić information content (AvgIpc) is 2.57. The van der Waals surface area contributed by atoms with Gasteiger partial charge in [-0.15, -0.1) is 0 Å². The molecule has 0 aliphatic carbocycles. The Bertz CT molecular complexity index is 698. The first-order chi connectivity index (χ1) is 11.7. The first kappa shape index (κ1) is 17.9. The molecule has 2 aliphatic rings. The fraction of sp³-hybridized carbons (Fsp3) is 0.600. The van der Waals surface area contributed by atoms with E-state index in [0.717, 1.165) is 31.4 Å². The van der Waals surface area contributed by atoms with Crippen molar-refractivity contribution in [2.75, 3.05) is 20.1 Å². The normalized spacial score (nSPS) is 26.2. The van der Waals surface area contributed by atoms with Crippen LogP contribution in [0.3, 0.4) is 0 Å². The molecular weight excluding hydrogens is 314 g/mol. The standard InChI is InChI=1S/C20H29N3O2/c1-13-5-8-17(23(12-13)19(25)18(21)24)15-6-7-16-14(11-15)9-10-22(4)20(16,2)3/h6-7,11,13,17H,5,8-10,12H2,1-4H3,(H2,21,24)/t13-,17+/m0/s1. The lowest BCUT2D eigenvalue weighted by Gasteiger charge is -2.43. The molecule has 0 unspecified atom stereocenters. The Kier molecular flexibility index (Phi) is 4.62. The third-order valence-electron chi connectivity index (χ3n) is 6.13. The molecule has 1 fully saturated rings. The Morgan fingerprint density at radius 3 is 2.64 bits per heavy atom. The number of fused-ring (bicyclic) bond motifs is 1. The van der Waals surface area contributed by atoms with Crippen molar-refractivity contribution in [3.8, 4) is 0 Å². The van der Waals surface area contributed by atoms with Gasteiger partial charge >= 0.3 is 11.8 Å². The molecule has 2 aliphatic heterocycles. The number of primary amides is 1. The summed E-state index contributed by atoms with van der Waals surface area (Å²) in [5.41, 5.74) is 9.12. The van der Waals surface area contributed by atoms with Crippen molar-refractivity contribution < 1.29 is 9.59 Å². The van der Waals surface area contributed by atoms with E-state index in [1.165, 1.54) is 11.1 Å². The van der Waals surface area contributed by atoms with Crippen molar-refractivity contribution in [3.05, 3.63) is 34.9 Å². The molecule has 0 spiro atoms. The minimum atomic E-state index is -0.861. The molecule has 25 heavy (non-hydrogen) atoms. The zero-order valence-electron chi connectivity index (χ0n) is 15.7. The molecule has 1 aromatic carbocycles. The first-order valence-electron chi connectivity index (χ1n) is 9.16. The highest BCUT2D eigenvalue weighted by Gasteiger charge is 2.35. The minimum Gasteiger partial charge on any atom is -0.361 e. The van der Waals surface area contributed by atoms with E-state index >= 15 is 0 Å². The van der Waals surface area contributed by atoms with Gasteiger partial charge in [-0.2, -0.15) is 0 Å². The Balaban J connectivity index is 1.95. The number of rotatable bonds is 1. The van der Waals surface area contributed by atoms with E-state index in [4.69, 9.17) is 5.73 Å². The summed E-state index contributed by atoms with van der Waals surface area (Å²) in [7, 11) is 2.16. The highest BCUT2D eigenvalue weighted by molar-refractivity contribution is 6.34. The summed E-state index contributed by atoms with van der Waals surface area (Å²) in [6, 6.07) is 6.52. The van der Waals surface area contributed by atoms with Crippen LogP contribution in [0.15, 0.2) is 18.2 Å². The Labute approximate surface area is 150 Å². The van der Waals surface area contributed by atoms with Gasteiger partial charge in [0.1, 0.15) is 0 Å². The number of hydrogen-bond acceptors (Lipinski definition) is 3. The summed E-state index contributed by atoms with van der Waals surface area (Å²) < 4.78 is 0. The van der Waals surface area contributed by atoms with Gasteiger partial charge in [-0.1, -0.05) is 25.1 Å². The monoisotopic (exact) mass is 343 g/mol. The molecule has 0 radical (unpaired) electrons. The molecule has 2 atom stereocenters. The number of nitrogens with zero attached hydrogens (tertiary/aromatic N) is 2. The molecular formula is C20H29N3O2. The summed E-state index contributed by atoms with van der Waals surface area (Å²) in [6.07, 6.45) is 2.94. The van der Waals surface area contributed by atoms with Gasteiger partial charge in [0.2, 0.25) is 0 Å². The number of nitrogens with two attached hydrogens (primary N) is 1. The summed E-state index contributed by atoms with van der Waals surface area (Å²) in [5, 5.41) is 0. The average molecular weight is 343 g/mol. The molecule has 0 aromatic heterocycles. The van der Waals surface area contributed by atoms with E-state index in [1.54, 1.807) is 4.90 Å². The van der Waals surface area contributed by atoms with Crippen molar-refractivity contribution in [1.82, 2.24) is 9.80 Å². The van der Waals surface area contributed by atoms with E-state index in [0.29, 0.717) is 12.5 Å². The molecule has 5 nitrogen and oxygen atoms in total. The lowest BCUT2D eigenvalue weighted by Crippen LogP contribution is -2.47. The van der Waals surface area contributed by atoms with Crippen molar-refractivity contribution in [2.45, 2.75) is 51.6 Å². The number of amides is 2. The summed E-state index contributed by atoms with van der Waals surface area (Å²) >= 11 is 0. The maximum Gasteiger partial charge on any atom is 0.312 e. The van der Waals surface area contributed by atoms with Crippen LogP contribution in [-0.4, -0.2) is 41.8 Å². The van der Waals surface area contributed by atoms with E-state index in [2.05, 4.69) is 50.9 Å². The number of piperidine rings is 1. The zero-order valence-corrected chi connectivity index (χ0v) is 15.7. The third-order valence-corrected chi connectivity index (χ3v) is 6.13. The highest BCUT2D eigenvalue weighted by atomic mass is 16.2. The molecule has 0 bridgehead atoms. The minimum absolute atomic E-state index is 0.00984. The van der Waals surface area contributed by atoms with Gasteiger partial charge in [0.05, 0.1) is 6.04 Å². The number of likely N-dealkylation sites (tertiary alicyclic amines) is 1. The summed E-state index contributed by atoms with van der Waals surface area (Å²) in [4.78, 5) is 27.8. The number of carbonyl (C=O) groups excluding carboxylic acids is 2. The number of hydrogen-bond donors (Lipinski definition) is 1. The molecule has 136 valence electrons. The smallest absolute Gasteiger partial charge is 0.312 e. The van der Waals surface area contributed by atoms with Crippen LogP contribution in [0.1, 0.15) is 56.3 Å². The van der Waals surface area contributed by atoms with Crippen molar-refractivity contribution in [3.63, 3.8) is 0 Å². The quantitative estimate of drug-likeness (QED) is 0.795. The maximum absolute atomic E-state index is 12.3. The Morgan fingerprint density at radius 1 is 1.24 bits per heavy atom. The topological polar surface area (TPSA) is 66.6 Å². The third kappa shape index (κ3) is 3.17. The van der Waals surface area contributed by atoms with Crippen molar-refractivity contribution in [1.29, 1.82) is 0 Å². The molecule has 1 saturated heterocycles. The first-order valence-corrected chi connectivity index (χ1v) is 9.16. The lowest BCUT2D eigenvalue weighted by molar-refractivity contribution is -0.147. The van der Waals surface area contributed by atoms with Crippen LogP contribution >= 0.6 is 0 Å². The van der Waals surface area contributed by atoms with E-state index in [-0.39, 0.29) is 11.6 Å². The number of likely N-dealkylation sites (N-methyl/N-ethyl adjacent to an activating group) is 1. The van der Waals surface area contributed by atoms with Crippen LogP contribution in [-0.2, 0) is 21.5 Å². The molecule has 5 heteroatoms. The predicted octanol–water partition coefficient (Wildman–Crippen LogP) is 2.19. The molecule has 2 amide bonds. The maximum atomic E-state index is 12.3. The van der Waals surface area contributed by atoms with Gasteiger partial charge in [0, 0.05) is 18.6 Å². The predicted molar refractivity (Wildman–Crippen MR) is 97.8 cm³/mol. The molecule has 3 rings (SSSR count). The van der Waals surface area contributed by atoms with Crippen LogP contribution in [0.2, 0.25) is 0 Å². The van der Waals surface area contributed by atoms with Gasteiger partial charge in [0.25, 0.3) is 0 Å². The summed E-state index contributed by atoms with van der Waals surface area (Å²) in [6.45, 7) is 8.22. The number of benzene rings is 1. The molecule has 1 aromatic rings. The van der Waals surface area contributed by atoms with Crippen LogP contribution in [0.25, 0.3) is 0 Å². The fourth-order valence-corrected chi connectivity index (χ4v) is 4.26. The molecule has 2 N–H and O–H groups in total. The second-order valence-electron chi connectivity index (χ2n) is 8.17. The van der Waals surface area contributed by atoms with Crippen LogP contribution in [0.4, 0.5) is 0 Å². The second-order valence-corrected chi connectivity index (χ2v) is 8.17. The summed E-state index contributed by atoms with van der Waals surface area (Å²) in [5.74, 6) is -1.03. The van der Waals surface area contributed by atoms with Crippen LogP contribution in [0.5, 0.6) is 0 Å². The SMILES string of the molecule is C[C@H]1CC[C@H](c2ccc3c(c2)CCN(C)C3(C)C)N(C(=O)C(N)=O)C1. The highest BCUT2D eigenvalue weighted by Crippen LogP contribution is 2.38. The van der Waals surface area contributed by atoms with Crippen molar-refractivity contribution >= 4 is 11.8 Å². The van der Waals surface area contributed by atoms with Crippen molar-refractivity contribution in [2.24, 2.45) is 11.7 Å². The number of carbonyl (C=O) groups is 2. The van der Waals surface area contributed by atoms with Gasteiger partial charge in [0.15, 0.2) is 0 Å². The largest absolute Gasteiger partial charge is 0.361 e. The van der Waals surface area contributed by atoms with E-state index < -0.39 is 11.8 Å². The Morgan fingerprint density at radius 2 is 1.96 bits per heavy atom. The van der Waals surface area contributed by atoms with E-state index in [1.807, 2.05) is 0 Å². The zero-order chi connectivity index (χ0) is 18.4. The lowest BCUT2D eigenvalue weighted by atomic mass is 9.81. The van der Waals surface area contributed by atoms with Crippen LogP contribution in [0, 0.1) is 5.92 Å². The molecule has 2 heterocycles. The van der Waals surface area contributed by atoms with Gasteiger partial charge in [-0.25, -0.2) is 0 Å². The molecule has 0 saturated carbocycles.